The van der Waals surface area contributed by atoms with Crippen LogP contribution < -0.4 is 10.5 Å². The molecule has 0 amide bonds. The maximum absolute atomic E-state index is 11.3. The van der Waals surface area contributed by atoms with Gasteiger partial charge in [0.1, 0.15) is 0 Å². The Morgan fingerprint density at radius 2 is 2.10 bits per heavy atom. The third-order valence-corrected chi connectivity index (χ3v) is 4.72. The summed E-state index contributed by atoms with van der Waals surface area (Å²) in [5, 5.41) is 8.08. The fourth-order valence-electron chi connectivity index (χ4n) is 1.65. The summed E-state index contributed by atoms with van der Waals surface area (Å²) < 4.78 is 30.5. The van der Waals surface area contributed by atoms with Crippen LogP contribution >= 0.6 is 24.2 Å². The number of ether oxygens (including phenoxy) is 1. The number of nitrogens with zero attached hydrogens (tertiary/aromatic N) is 1. The number of nitrogens with one attached hydrogen (secondary N) is 1. The van der Waals surface area contributed by atoms with E-state index in [-0.39, 0.29) is 4.90 Å². The number of hydrogen-bond acceptors (Lipinski definition) is 6. The van der Waals surface area contributed by atoms with E-state index in [1.165, 1.54) is 24.1 Å². The van der Waals surface area contributed by atoms with Gasteiger partial charge >= 0.3 is 0 Å². The van der Waals surface area contributed by atoms with Crippen LogP contribution in [0.3, 0.4) is 0 Å². The van der Waals surface area contributed by atoms with Crippen LogP contribution in [0.25, 0.3) is 0 Å². The average Bonchev–Trinajstić information content (AvgIpc) is 2.39. The van der Waals surface area contributed by atoms with Gasteiger partial charge in [0.2, 0.25) is 10.0 Å². The van der Waals surface area contributed by atoms with Gasteiger partial charge in [-0.15, -0.1) is 0 Å². The second-order valence-corrected chi connectivity index (χ2v) is 7.45. The molecule has 1 heterocycles. The molecule has 1 aliphatic heterocycles. The zero-order valence-electron chi connectivity index (χ0n) is 10.6. The fraction of sp³-hybridized carbons (Fsp3) is 0.364. The SMILES string of the molecule is NS(=O)(=O)c1cccc(NC(=S)SN2CCOCC2)c1. The Morgan fingerprint density at radius 1 is 1.40 bits per heavy atom. The molecule has 1 aliphatic rings. The van der Waals surface area contributed by atoms with Crippen molar-refractivity contribution in [1.82, 2.24) is 4.31 Å². The number of nitrogens with two attached hydrogens (primary N) is 1. The molecule has 3 N–H and O–H groups in total. The molecule has 0 aliphatic carbocycles. The summed E-state index contributed by atoms with van der Waals surface area (Å²) in [5.74, 6) is 0. The standard InChI is InChI=1S/C11H15N3O3S3/c12-20(15,16)10-3-1-2-9(8-10)13-11(18)19-14-4-6-17-7-5-14/h1-3,8H,4-7H2,(H,13,18)(H2,12,15,16). The van der Waals surface area contributed by atoms with Crippen LogP contribution in [-0.2, 0) is 14.8 Å². The van der Waals surface area contributed by atoms with Gasteiger partial charge < -0.3 is 10.1 Å². The summed E-state index contributed by atoms with van der Waals surface area (Å²) in [4.78, 5) is 0.0571. The van der Waals surface area contributed by atoms with Crippen LogP contribution in [0.4, 0.5) is 5.69 Å². The molecular weight excluding hydrogens is 318 g/mol. The van der Waals surface area contributed by atoms with Gasteiger partial charge in [-0.05, 0) is 30.1 Å². The van der Waals surface area contributed by atoms with Gasteiger partial charge in [-0.25, -0.2) is 17.9 Å². The zero-order valence-corrected chi connectivity index (χ0v) is 13.1. The Morgan fingerprint density at radius 3 is 2.75 bits per heavy atom. The van der Waals surface area contributed by atoms with Crippen LogP contribution in [0, 0.1) is 0 Å². The summed E-state index contributed by atoms with van der Waals surface area (Å²) in [6.07, 6.45) is 0. The molecule has 0 aromatic heterocycles. The molecule has 0 radical (unpaired) electrons. The number of sulfonamides is 1. The second kappa shape index (κ2) is 6.83. The summed E-state index contributed by atoms with van der Waals surface area (Å²) in [7, 11) is -3.71. The number of hydrogen-bond donors (Lipinski definition) is 2. The van der Waals surface area contributed by atoms with Crippen molar-refractivity contribution in [3.05, 3.63) is 24.3 Å². The highest BCUT2D eigenvalue weighted by molar-refractivity contribution is 8.21. The molecule has 2 rings (SSSR count). The lowest BCUT2D eigenvalue weighted by Gasteiger charge is -2.25. The zero-order chi connectivity index (χ0) is 14.6. The molecule has 0 atom stereocenters. The lowest BCUT2D eigenvalue weighted by Crippen LogP contribution is -2.32. The van der Waals surface area contributed by atoms with E-state index in [0.29, 0.717) is 23.2 Å². The first-order valence-corrected chi connectivity index (χ1v) is 8.62. The van der Waals surface area contributed by atoms with Gasteiger partial charge in [-0.3, -0.25) is 0 Å². The Bertz CT molecular complexity index is 586. The van der Waals surface area contributed by atoms with Crippen molar-refractivity contribution in [3.63, 3.8) is 0 Å². The van der Waals surface area contributed by atoms with E-state index in [4.69, 9.17) is 22.1 Å². The van der Waals surface area contributed by atoms with Crippen molar-refractivity contribution >= 4 is 44.2 Å². The van der Waals surface area contributed by atoms with Gasteiger partial charge in [-0.2, -0.15) is 0 Å². The second-order valence-electron chi connectivity index (χ2n) is 4.12. The monoisotopic (exact) mass is 333 g/mol. The highest BCUT2D eigenvalue weighted by Gasteiger charge is 2.14. The quantitative estimate of drug-likeness (QED) is 0.631. The Kier molecular flexibility index (Phi) is 5.35. The lowest BCUT2D eigenvalue weighted by atomic mass is 10.3. The minimum Gasteiger partial charge on any atom is -0.379 e. The van der Waals surface area contributed by atoms with Crippen molar-refractivity contribution in [3.8, 4) is 0 Å². The summed E-state index contributed by atoms with van der Waals surface area (Å²) >= 11 is 6.66. The largest absolute Gasteiger partial charge is 0.379 e. The van der Waals surface area contributed by atoms with Gasteiger partial charge in [0, 0.05) is 18.8 Å². The Labute approximate surface area is 127 Å². The Hall–Kier alpha value is -0.710. The van der Waals surface area contributed by atoms with Crippen LogP contribution in [0.1, 0.15) is 0 Å². The summed E-state index contributed by atoms with van der Waals surface area (Å²) in [5.41, 5.74) is 0.599. The van der Waals surface area contributed by atoms with Gasteiger partial charge in [-0.1, -0.05) is 18.3 Å². The van der Waals surface area contributed by atoms with E-state index >= 15 is 0 Å². The molecule has 1 saturated heterocycles. The van der Waals surface area contributed by atoms with E-state index in [1.54, 1.807) is 12.1 Å². The molecule has 0 saturated carbocycles. The molecule has 1 aromatic carbocycles. The Balaban J connectivity index is 1.97. The van der Waals surface area contributed by atoms with Crippen molar-refractivity contribution in [2.75, 3.05) is 31.6 Å². The van der Waals surface area contributed by atoms with Gasteiger partial charge in [0.15, 0.2) is 4.32 Å². The molecular formula is C11H15N3O3S3. The van der Waals surface area contributed by atoms with E-state index < -0.39 is 10.0 Å². The lowest BCUT2D eigenvalue weighted by molar-refractivity contribution is 0.0778. The molecule has 0 bridgehead atoms. The smallest absolute Gasteiger partial charge is 0.238 e. The number of benzene rings is 1. The minimum absolute atomic E-state index is 0.0571. The van der Waals surface area contributed by atoms with Gasteiger partial charge in [0.05, 0.1) is 18.1 Å². The topological polar surface area (TPSA) is 84.7 Å². The van der Waals surface area contributed by atoms with Crippen LogP contribution in [-0.4, -0.2) is 43.3 Å². The van der Waals surface area contributed by atoms with Crippen molar-refractivity contribution in [2.45, 2.75) is 4.90 Å². The first-order valence-electron chi connectivity index (χ1n) is 5.90. The maximum atomic E-state index is 11.3. The first-order chi connectivity index (χ1) is 9.45. The predicted octanol–water partition coefficient (Wildman–Crippen LogP) is 1.01. The van der Waals surface area contributed by atoms with E-state index in [2.05, 4.69) is 9.62 Å². The first kappa shape index (κ1) is 15.7. The van der Waals surface area contributed by atoms with Crippen LogP contribution in [0.2, 0.25) is 0 Å². The molecule has 9 heteroatoms. The van der Waals surface area contributed by atoms with Gasteiger partial charge in [0.25, 0.3) is 0 Å². The number of thiocarbonyl (C=S) groups is 1. The average molecular weight is 333 g/mol. The number of primary sulfonamides is 1. The molecule has 1 fully saturated rings. The maximum Gasteiger partial charge on any atom is 0.238 e. The normalized spacial score (nSPS) is 16.9. The molecule has 20 heavy (non-hydrogen) atoms. The van der Waals surface area contributed by atoms with Crippen molar-refractivity contribution < 1.29 is 13.2 Å². The third kappa shape index (κ3) is 4.69. The van der Waals surface area contributed by atoms with Crippen molar-refractivity contribution in [2.24, 2.45) is 5.14 Å². The summed E-state index contributed by atoms with van der Waals surface area (Å²) in [6, 6.07) is 6.26. The highest BCUT2D eigenvalue weighted by atomic mass is 32.2. The molecule has 0 spiro atoms. The molecule has 1 aromatic rings. The molecule has 6 nitrogen and oxygen atoms in total. The molecule has 110 valence electrons. The summed E-state index contributed by atoms with van der Waals surface area (Å²) in [6.45, 7) is 3.00. The number of rotatable bonds is 3. The van der Waals surface area contributed by atoms with E-state index in [0.717, 1.165) is 13.1 Å². The molecule has 0 unspecified atom stereocenters. The number of anilines is 1. The minimum atomic E-state index is -3.71. The van der Waals surface area contributed by atoms with E-state index in [9.17, 15) is 8.42 Å². The van der Waals surface area contributed by atoms with Crippen LogP contribution in [0.5, 0.6) is 0 Å². The fourth-order valence-corrected chi connectivity index (χ4v) is 3.37. The third-order valence-electron chi connectivity index (χ3n) is 2.59. The van der Waals surface area contributed by atoms with Crippen molar-refractivity contribution in [1.29, 1.82) is 0 Å². The van der Waals surface area contributed by atoms with E-state index in [1.807, 2.05) is 0 Å². The highest BCUT2D eigenvalue weighted by Crippen LogP contribution is 2.19. The predicted molar refractivity (Wildman–Crippen MR) is 84.0 cm³/mol. The number of morpholine rings is 1. The van der Waals surface area contributed by atoms with Crippen LogP contribution in [0.15, 0.2) is 29.2 Å².